The van der Waals surface area contributed by atoms with E-state index in [1.54, 1.807) is 12.4 Å². The molecule has 4 N–H and O–H groups in total. The maximum absolute atomic E-state index is 13.6. The molecule has 0 bridgehead atoms. The van der Waals surface area contributed by atoms with E-state index < -0.39 is 29.1 Å². The second-order valence-electron chi connectivity index (χ2n) is 8.78. The largest absolute Gasteiger partial charge is 0.396 e. The lowest BCUT2D eigenvalue weighted by atomic mass is 10.1. The Balaban J connectivity index is 1.38. The molecule has 5 rings (SSSR count). The number of amides is 1. The van der Waals surface area contributed by atoms with E-state index in [-0.39, 0.29) is 18.7 Å². The number of carbonyl (C=O) groups excluding carboxylic acids is 1. The summed E-state index contributed by atoms with van der Waals surface area (Å²) < 4.78 is 28.1. The van der Waals surface area contributed by atoms with Crippen LogP contribution in [0.2, 0.25) is 0 Å². The number of carbonyl (C=O) groups is 1. The highest BCUT2D eigenvalue weighted by Gasteiger charge is 2.22. The molecule has 4 heterocycles. The fraction of sp³-hybridized carbons (Fsp3) is 0.185. The second-order valence-corrected chi connectivity index (χ2v) is 8.78. The molecule has 11 heteroatoms. The Bertz CT molecular complexity index is 1660. The minimum absolute atomic E-state index is 0.0356. The number of nitrogens with one attached hydrogen (secondary N) is 3. The number of aromatic nitrogens is 5. The van der Waals surface area contributed by atoms with Crippen LogP contribution in [0.15, 0.2) is 72.0 Å². The number of hydrogen-bond donors (Lipinski definition) is 4. The molecule has 0 aliphatic rings. The molecule has 38 heavy (non-hydrogen) atoms. The zero-order valence-electron chi connectivity index (χ0n) is 20.1. The summed E-state index contributed by atoms with van der Waals surface area (Å²) in [6, 6.07) is 9.47. The van der Waals surface area contributed by atoms with Gasteiger partial charge in [-0.3, -0.25) is 9.59 Å². The first-order valence-electron chi connectivity index (χ1n) is 12.0. The summed E-state index contributed by atoms with van der Waals surface area (Å²) >= 11 is 0. The molecule has 194 valence electrons. The van der Waals surface area contributed by atoms with Crippen molar-refractivity contribution in [1.82, 2.24) is 29.8 Å². The van der Waals surface area contributed by atoms with Gasteiger partial charge in [-0.2, -0.15) is 0 Å². The predicted octanol–water partition coefficient (Wildman–Crippen LogP) is 3.68. The van der Waals surface area contributed by atoms with E-state index in [2.05, 4.69) is 25.3 Å². The number of benzene rings is 1. The van der Waals surface area contributed by atoms with E-state index in [0.29, 0.717) is 24.2 Å². The van der Waals surface area contributed by atoms with Crippen molar-refractivity contribution >= 4 is 16.9 Å². The first-order valence-corrected chi connectivity index (χ1v) is 12.0. The van der Waals surface area contributed by atoms with E-state index in [1.165, 1.54) is 29.0 Å². The topological polar surface area (TPSA) is 129 Å². The van der Waals surface area contributed by atoms with E-state index >= 15 is 0 Å². The van der Waals surface area contributed by atoms with Crippen molar-refractivity contribution in [2.24, 2.45) is 0 Å². The zero-order valence-corrected chi connectivity index (χ0v) is 20.1. The summed E-state index contributed by atoms with van der Waals surface area (Å²) in [4.78, 5) is 41.3. The zero-order chi connectivity index (χ0) is 26.6. The SMILES string of the molecule is O=C(N[C@H](CCCO)c1ncc(-c2c[nH]c3ncccc23)[nH]1)c1cccn(Cc2ccc(F)c(F)c2)c1=O. The lowest BCUT2D eigenvalue weighted by Crippen LogP contribution is -2.35. The number of nitrogens with zero attached hydrogens (tertiary/aromatic N) is 3. The average molecular weight is 519 g/mol. The number of imidazole rings is 1. The van der Waals surface area contributed by atoms with Crippen molar-refractivity contribution in [2.45, 2.75) is 25.4 Å². The predicted molar refractivity (Wildman–Crippen MR) is 136 cm³/mol. The van der Waals surface area contributed by atoms with Crippen molar-refractivity contribution < 1.29 is 18.7 Å². The number of H-pyrrole nitrogens is 2. The van der Waals surface area contributed by atoms with Crippen molar-refractivity contribution in [3.8, 4) is 11.3 Å². The number of halogens is 2. The van der Waals surface area contributed by atoms with E-state index in [0.717, 1.165) is 34.4 Å². The normalized spacial score (nSPS) is 12.1. The maximum Gasteiger partial charge on any atom is 0.263 e. The van der Waals surface area contributed by atoms with Crippen molar-refractivity contribution in [1.29, 1.82) is 0 Å². The molecular weight excluding hydrogens is 494 g/mol. The van der Waals surface area contributed by atoms with Crippen LogP contribution in [0.3, 0.4) is 0 Å². The van der Waals surface area contributed by atoms with Gasteiger partial charge in [-0.15, -0.1) is 0 Å². The van der Waals surface area contributed by atoms with Crippen molar-refractivity contribution in [3.05, 3.63) is 106 Å². The van der Waals surface area contributed by atoms with Crippen molar-refractivity contribution in [2.75, 3.05) is 6.61 Å². The van der Waals surface area contributed by atoms with Gasteiger partial charge in [0.25, 0.3) is 11.5 Å². The number of pyridine rings is 2. The third-order valence-corrected chi connectivity index (χ3v) is 6.22. The lowest BCUT2D eigenvalue weighted by molar-refractivity contribution is 0.0928. The smallest absolute Gasteiger partial charge is 0.263 e. The molecule has 4 aromatic heterocycles. The molecule has 1 atom stereocenters. The number of aliphatic hydroxyl groups is 1. The van der Waals surface area contributed by atoms with E-state index in [1.807, 2.05) is 18.3 Å². The lowest BCUT2D eigenvalue weighted by Gasteiger charge is -2.17. The van der Waals surface area contributed by atoms with Gasteiger partial charge in [0.15, 0.2) is 11.6 Å². The van der Waals surface area contributed by atoms with Gasteiger partial charge in [-0.25, -0.2) is 18.7 Å². The summed E-state index contributed by atoms with van der Waals surface area (Å²) in [7, 11) is 0. The number of hydrogen-bond acceptors (Lipinski definition) is 5. The molecule has 0 spiro atoms. The molecule has 0 fully saturated rings. The van der Waals surface area contributed by atoms with Gasteiger partial charge in [0.2, 0.25) is 0 Å². The third-order valence-electron chi connectivity index (χ3n) is 6.22. The molecule has 5 aromatic rings. The third kappa shape index (κ3) is 5.09. The Morgan fingerprint density at radius 1 is 1.13 bits per heavy atom. The van der Waals surface area contributed by atoms with Gasteiger partial charge in [-0.05, 0) is 54.8 Å². The van der Waals surface area contributed by atoms with Gasteiger partial charge in [0, 0.05) is 36.1 Å². The van der Waals surface area contributed by atoms with Gasteiger partial charge in [0.05, 0.1) is 24.5 Å². The van der Waals surface area contributed by atoms with Crippen LogP contribution in [-0.2, 0) is 6.54 Å². The molecule has 0 radical (unpaired) electrons. The average Bonchev–Trinajstić information content (AvgIpc) is 3.57. The Morgan fingerprint density at radius 3 is 2.82 bits per heavy atom. The Hall–Kier alpha value is -4.64. The molecule has 1 aromatic carbocycles. The highest BCUT2D eigenvalue weighted by atomic mass is 19.2. The Labute approximate surface area is 215 Å². The Kier molecular flexibility index (Phi) is 7.09. The number of rotatable bonds is 9. The van der Waals surface area contributed by atoms with Gasteiger partial charge >= 0.3 is 0 Å². The molecular formula is C27H24F2N6O3. The first-order chi connectivity index (χ1) is 18.4. The molecule has 0 aliphatic heterocycles. The van der Waals surface area contributed by atoms with Crippen LogP contribution >= 0.6 is 0 Å². The van der Waals surface area contributed by atoms with Crippen LogP contribution in [0.4, 0.5) is 8.78 Å². The molecule has 9 nitrogen and oxygen atoms in total. The summed E-state index contributed by atoms with van der Waals surface area (Å²) in [6.45, 7) is -0.119. The molecule has 0 saturated heterocycles. The fourth-order valence-corrected chi connectivity index (χ4v) is 4.31. The second kappa shape index (κ2) is 10.8. The number of aliphatic hydroxyl groups excluding tert-OH is 1. The molecule has 1 amide bonds. The van der Waals surface area contributed by atoms with Gasteiger partial charge < -0.3 is 25.0 Å². The minimum Gasteiger partial charge on any atom is -0.396 e. The van der Waals surface area contributed by atoms with E-state index in [9.17, 15) is 23.5 Å². The highest BCUT2D eigenvalue weighted by Crippen LogP contribution is 2.27. The molecule has 0 saturated carbocycles. The van der Waals surface area contributed by atoms with Crippen molar-refractivity contribution in [3.63, 3.8) is 0 Å². The summed E-state index contributed by atoms with van der Waals surface area (Å²) in [5.74, 6) is -2.15. The fourth-order valence-electron chi connectivity index (χ4n) is 4.31. The first kappa shape index (κ1) is 25.0. The van der Waals surface area contributed by atoms with Gasteiger partial charge in [-0.1, -0.05) is 6.07 Å². The van der Waals surface area contributed by atoms with Crippen LogP contribution in [0.5, 0.6) is 0 Å². The Morgan fingerprint density at radius 2 is 2.00 bits per heavy atom. The van der Waals surface area contributed by atoms with Crippen LogP contribution < -0.4 is 10.9 Å². The maximum atomic E-state index is 13.6. The summed E-state index contributed by atoms with van der Waals surface area (Å²) in [5.41, 5.74) is 1.99. The molecule has 0 unspecified atom stereocenters. The minimum atomic E-state index is -1.02. The van der Waals surface area contributed by atoms with Crippen LogP contribution in [-0.4, -0.2) is 42.1 Å². The van der Waals surface area contributed by atoms with Gasteiger partial charge in [0.1, 0.15) is 17.0 Å². The quantitative estimate of drug-likeness (QED) is 0.237. The van der Waals surface area contributed by atoms with E-state index in [4.69, 9.17) is 0 Å². The standard InChI is InChI=1S/C27H24F2N6O3/c28-20-8-7-16(12-21(20)29)15-35-10-2-5-18(27(35)38)26(37)34-22(6-3-11-36)25-32-14-23(33-25)19-13-31-24-17(19)4-1-9-30-24/h1-2,4-5,7-10,12-14,22,36H,3,6,11,15H2,(H,30,31)(H,32,33)(H,34,37)/t22-/m1/s1. The van der Waals surface area contributed by atoms with Crippen LogP contribution in [0, 0.1) is 11.6 Å². The van der Waals surface area contributed by atoms with Crippen LogP contribution in [0.25, 0.3) is 22.3 Å². The number of fused-ring (bicyclic) bond motifs is 1. The number of aromatic amines is 2. The summed E-state index contributed by atoms with van der Waals surface area (Å²) in [5, 5.41) is 13.1. The molecule has 0 aliphatic carbocycles. The monoisotopic (exact) mass is 518 g/mol. The van der Waals surface area contributed by atoms with Crippen LogP contribution in [0.1, 0.15) is 40.6 Å². The highest BCUT2D eigenvalue weighted by molar-refractivity contribution is 5.94. The summed E-state index contributed by atoms with van der Waals surface area (Å²) in [6.07, 6.45) is 7.40.